The van der Waals surface area contributed by atoms with E-state index in [1.54, 1.807) is 0 Å². The summed E-state index contributed by atoms with van der Waals surface area (Å²) < 4.78 is 0. The van der Waals surface area contributed by atoms with Crippen molar-refractivity contribution in [1.82, 2.24) is 15.5 Å². The topological polar surface area (TPSA) is 44.4 Å². The number of halogens is 1. The highest BCUT2D eigenvalue weighted by molar-refractivity contribution is 6.30. The smallest absolute Gasteiger partial charge is 0.227 e. The second-order valence-corrected chi connectivity index (χ2v) is 5.70. The summed E-state index contributed by atoms with van der Waals surface area (Å²) >= 11 is 6.07. The molecule has 1 fully saturated rings. The fourth-order valence-electron chi connectivity index (χ4n) is 2.66. The average Bonchev–Trinajstić information content (AvgIpc) is 2.47. The third kappa shape index (κ3) is 3.51. The van der Waals surface area contributed by atoms with E-state index >= 15 is 0 Å². The third-order valence-corrected chi connectivity index (χ3v) is 3.93. The quantitative estimate of drug-likeness (QED) is 0.888. The summed E-state index contributed by atoms with van der Waals surface area (Å²) in [4.78, 5) is 14.6. The molecule has 1 aliphatic heterocycles. The maximum atomic E-state index is 12.6. The van der Waals surface area contributed by atoms with E-state index < -0.39 is 0 Å². The summed E-state index contributed by atoms with van der Waals surface area (Å²) in [6.45, 7) is 5.03. The highest BCUT2D eigenvalue weighted by Crippen LogP contribution is 2.25. The fourth-order valence-corrected chi connectivity index (χ4v) is 2.86. The van der Waals surface area contributed by atoms with Crippen LogP contribution in [0.3, 0.4) is 0 Å². The van der Waals surface area contributed by atoms with Crippen LogP contribution in [-0.2, 0) is 4.79 Å². The van der Waals surface area contributed by atoms with Crippen molar-refractivity contribution in [3.63, 3.8) is 0 Å². The van der Waals surface area contributed by atoms with Crippen LogP contribution in [0.1, 0.15) is 18.5 Å². The second-order valence-electron chi connectivity index (χ2n) is 5.27. The van der Waals surface area contributed by atoms with Gasteiger partial charge in [0.15, 0.2) is 0 Å². The van der Waals surface area contributed by atoms with Crippen LogP contribution in [0.5, 0.6) is 0 Å². The Morgan fingerprint density at radius 1 is 1.60 bits per heavy atom. The molecule has 0 aliphatic carbocycles. The molecule has 0 radical (unpaired) electrons. The summed E-state index contributed by atoms with van der Waals surface area (Å²) in [5.41, 5.74) is 1.09. The maximum Gasteiger partial charge on any atom is 0.227 e. The van der Waals surface area contributed by atoms with E-state index in [2.05, 4.69) is 10.6 Å². The first kappa shape index (κ1) is 15.3. The molecule has 0 saturated carbocycles. The van der Waals surface area contributed by atoms with Gasteiger partial charge in [-0.2, -0.15) is 0 Å². The molecule has 1 saturated heterocycles. The SMILES string of the molecule is CNCC(C)C(=O)N1CCNCC1c1cccc(Cl)c1. The summed E-state index contributed by atoms with van der Waals surface area (Å²) in [5, 5.41) is 7.13. The van der Waals surface area contributed by atoms with Crippen molar-refractivity contribution in [3.8, 4) is 0 Å². The molecule has 1 aromatic carbocycles. The minimum absolute atomic E-state index is 0.0141. The van der Waals surface area contributed by atoms with E-state index in [4.69, 9.17) is 11.6 Å². The lowest BCUT2D eigenvalue weighted by Crippen LogP contribution is -2.51. The van der Waals surface area contributed by atoms with Crippen LogP contribution in [-0.4, -0.2) is 44.0 Å². The van der Waals surface area contributed by atoms with E-state index in [-0.39, 0.29) is 17.9 Å². The normalized spacial score (nSPS) is 20.8. The first-order valence-corrected chi connectivity index (χ1v) is 7.42. The van der Waals surface area contributed by atoms with Gasteiger partial charge in [-0.05, 0) is 24.7 Å². The lowest BCUT2D eigenvalue weighted by molar-refractivity contribution is -0.138. The summed E-state index contributed by atoms with van der Waals surface area (Å²) in [6.07, 6.45) is 0. The number of piperazine rings is 1. The average molecular weight is 296 g/mol. The Hall–Kier alpha value is -1.10. The zero-order valence-corrected chi connectivity index (χ0v) is 12.8. The molecule has 1 aliphatic rings. The molecule has 20 heavy (non-hydrogen) atoms. The highest BCUT2D eigenvalue weighted by Gasteiger charge is 2.30. The molecule has 5 heteroatoms. The van der Waals surface area contributed by atoms with Gasteiger partial charge in [0.05, 0.1) is 6.04 Å². The van der Waals surface area contributed by atoms with Crippen LogP contribution in [0.2, 0.25) is 5.02 Å². The lowest BCUT2D eigenvalue weighted by atomic mass is 10.0. The predicted octanol–water partition coefficient (Wildman–Crippen LogP) is 1.67. The van der Waals surface area contributed by atoms with Gasteiger partial charge in [-0.3, -0.25) is 4.79 Å². The molecule has 1 heterocycles. The Bertz CT molecular complexity index is 466. The zero-order valence-electron chi connectivity index (χ0n) is 12.0. The molecule has 0 bridgehead atoms. The van der Waals surface area contributed by atoms with E-state index in [1.165, 1.54) is 0 Å². The Morgan fingerprint density at radius 2 is 2.40 bits per heavy atom. The predicted molar refractivity (Wildman–Crippen MR) is 81.9 cm³/mol. The van der Waals surface area contributed by atoms with Gasteiger partial charge in [0.25, 0.3) is 0 Å². The number of hydrogen-bond donors (Lipinski definition) is 2. The number of nitrogens with one attached hydrogen (secondary N) is 2. The van der Waals surface area contributed by atoms with E-state index in [9.17, 15) is 4.79 Å². The lowest BCUT2D eigenvalue weighted by Gasteiger charge is -2.38. The minimum atomic E-state index is -0.0141. The minimum Gasteiger partial charge on any atom is -0.333 e. The number of hydrogen-bond acceptors (Lipinski definition) is 3. The molecule has 0 aromatic heterocycles. The fraction of sp³-hybridized carbons (Fsp3) is 0.533. The molecule has 2 rings (SSSR count). The first-order valence-electron chi connectivity index (χ1n) is 7.04. The van der Waals surface area contributed by atoms with Crippen molar-refractivity contribution >= 4 is 17.5 Å². The first-order chi connectivity index (χ1) is 9.63. The van der Waals surface area contributed by atoms with Gasteiger partial charge in [0.1, 0.15) is 0 Å². The molecule has 4 nitrogen and oxygen atoms in total. The maximum absolute atomic E-state index is 12.6. The second kappa shape index (κ2) is 7.07. The van der Waals surface area contributed by atoms with Gasteiger partial charge >= 0.3 is 0 Å². The molecule has 110 valence electrons. The number of benzene rings is 1. The zero-order chi connectivity index (χ0) is 14.5. The standard InChI is InChI=1S/C15H22ClN3O/c1-11(9-17-2)15(20)19-7-6-18-10-14(19)12-4-3-5-13(16)8-12/h3-5,8,11,14,17-18H,6-7,9-10H2,1-2H3. The van der Waals surface area contributed by atoms with E-state index in [0.717, 1.165) is 25.2 Å². The third-order valence-electron chi connectivity index (χ3n) is 3.69. The van der Waals surface area contributed by atoms with Crippen LogP contribution in [0.4, 0.5) is 0 Å². The molecule has 1 amide bonds. The van der Waals surface area contributed by atoms with Crippen molar-refractivity contribution in [1.29, 1.82) is 0 Å². The van der Waals surface area contributed by atoms with E-state index in [0.29, 0.717) is 11.6 Å². The molecule has 2 atom stereocenters. The highest BCUT2D eigenvalue weighted by atomic mass is 35.5. The molecule has 2 N–H and O–H groups in total. The summed E-state index contributed by atoms with van der Waals surface area (Å²) in [5.74, 6) is 0.186. The van der Waals surface area contributed by atoms with Gasteiger partial charge in [0, 0.05) is 37.1 Å². The number of carbonyl (C=O) groups is 1. The van der Waals surface area contributed by atoms with Gasteiger partial charge in [-0.25, -0.2) is 0 Å². The Balaban J connectivity index is 2.19. The van der Waals surface area contributed by atoms with Crippen molar-refractivity contribution in [2.75, 3.05) is 33.2 Å². The van der Waals surface area contributed by atoms with Crippen molar-refractivity contribution in [2.24, 2.45) is 5.92 Å². The molecule has 0 spiro atoms. The van der Waals surface area contributed by atoms with E-state index in [1.807, 2.05) is 43.1 Å². The van der Waals surface area contributed by atoms with Gasteiger partial charge < -0.3 is 15.5 Å². The van der Waals surface area contributed by atoms with Crippen LogP contribution >= 0.6 is 11.6 Å². The summed E-state index contributed by atoms with van der Waals surface area (Å²) in [6, 6.07) is 7.84. The Labute approximate surface area is 125 Å². The Morgan fingerprint density at radius 3 is 3.10 bits per heavy atom. The molecule has 1 aromatic rings. The van der Waals surface area contributed by atoms with Crippen LogP contribution in [0.15, 0.2) is 24.3 Å². The largest absolute Gasteiger partial charge is 0.333 e. The van der Waals surface area contributed by atoms with Crippen LogP contribution in [0.25, 0.3) is 0 Å². The molecular weight excluding hydrogens is 274 g/mol. The molecule has 2 unspecified atom stereocenters. The number of rotatable bonds is 4. The Kier molecular flexibility index (Phi) is 5.40. The van der Waals surface area contributed by atoms with Crippen molar-refractivity contribution in [2.45, 2.75) is 13.0 Å². The van der Waals surface area contributed by atoms with Gasteiger partial charge in [-0.1, -0.05) is 30.7 Å². The van der Waals surface area contributed by atoms with Crippen LogP contribution in [0, 0.1) is 5.92 Å². The number of nitrogens with zero attached hydrogens (tertiary/aromatic N) is 1. The van der Waals surface area contributed by atoms with Gasteiger partial charge in [0.2, 0.25) is 5.91 Å². The van der Waals surface area contributed by atoms with Crippen molar-refractivity contribution in [3.05, 3.63) is 34.9 Å². The summed E-state index contributed by atoms with van der Waals surface area (Å²) in [7, 11) is 1.87. The van der Waals surface area contributed by atoms with Crippen molar-refractivity contribution < 1.29 is 4.79 Å². The number of carbonyl (C=O) groups excluding carboxylic acids is 1. The molecular formula is C15H22ClN3O. The number of amides is 1. The van der Waals surface area contributed by atoms with Crippen LogP contribution < -0.4 is 10.6 Å². The monoisotopic (exact) mass is 295 g/mol. The van der Waals surface area contributed by atoms with Gasteiger partial charge in [-0.15, -0.1) is 0 Å².